The van der Waals surface area contributed by atoms with Crippen LogP contribution in [0.5, 0.6) is 0 Å². The topological polar surface area (TPSA) is 70.0 Å². The molecule has 0 heterocycles. The predicted molar refractivity (Wildman–Crippen MR) is 64.1 cm³/mol. The van der Waals surface area contributed by atoms with Gasteiger partial charge in [0.1, 0.15) is 0 Å². The zero-order valence-corrected chi connectivity index (χ0v) is 10.6. The molecule has 0 saturated heterocycles. The van der Waals surface area contributed by atoms with Crippen LogP contribution in [0.3, 0.4) is 0 Å². The lowest BCUT2D eigenvalue weighted by Gasteiger charge is -2.10. The second-order valence-electron chi connectivity index (χ2n) is 3.04. The quantitative estimate of drug-likeness (QED) is 0.924. The molecular formula is C9H8Cl2N2O2S. The standard InChI is InChI=1S/C9H8Cl2N2O2S/c1-6(5-12)16(14,15)13-9-4-7(10)2-3-8(9)11/h2-4,6,13H,1H3. The molecule has 0 aliphatic rings. The van der Waals surface area contributed by atoms with Gasteiger partial charge in [-0.05, 0) is 25.1 Å². The van der Waals surface area contributed by atoms with Crippen LogP contribution in [0.2, 0.25) is 10.0 Å². The summed E-state index contributed by atoms with van der Waals surface area (Å²) in [6, 6.07) is 6.02. The molecule has 1 rings (SSSR count). The molecule has 16 heavy (non-hydrogen) atoms. The van der Waals surface area contributed by atoms with Crippen molar-refractivity contribution in [2.24, 2.45) is 0 Å². The molecular weight excluding hydrogens is 271 g/mol. The van der Waals surface area contributed by atoms with E-state index in [4.69, 9.17) is 28.5 Å². The molecule has 1 N–H and O–H groups in total. The Morgan fingerprint density at radius 2 is 2.06 bits per heavy atom. The van der Waals surface area contributed by atoms with Crippen LogP contribution < -0.4 is 4.72 Å². The third kappa shape index (κ3) is 3.01. The Hall–Kier alpha value is -0.960. The fraction of sp³-hybridized carbons (Fsp3) is 0.222. The molecule has 1 aromatic rings. The van der Waals surface area contributed by atoms with Crippen LogP contribution in [0.4, 0.5) is 5.69 Å². The Morgan fingerprint density at radius 1 is 1.44 bits per heavy atom. The van der Waals surface area contributed by atoms with Gasteiger partial charge < -0.3 is 0 Å². The molecule has 0 amide bonds. The van der Waals surface area contributed by atoms with Crippen molar-refractivity contribution in [3.05, 3.63) is 28.2 Å². The highest BCUT2D eigenvalue weighted by atomic mass is 35.5. The minimum atomic E-state index is -3.76. The first-order valence-corrected chi connectivity index (χ1v) is 6.53. The van der Waals surface area contributed by atoms with Gasteiger partial charge in [0.05, 0.1) is 16.8 Å². The summed E-state index contributed by atoms with van der Waals surface area (Å²) in [6.45, 7) is 1.28. The minimum Gasteiger partial charge on any atom is -0.281 e. The smallest absolute Gasteiger partial charge is 0.248 e. The molecule has 0 saturated carbocycles. The van der Waals surface area contributed by atoms with Crippen molar-refractivity contribution in [3.8, 4) is 6.07 Å². The van der Waals surface area contributed by atoms with Crippen molar-refractivity contribution in [1.82, 2.24) is 0 Å². The van der Waals surface area contributed by atoms with E-state index < -0.39 is 15.3 Å². The number of anilines is 1. The maximum absolute atomic E-state index is 11.6. The fourth-order valence-corrected chi connectivity index (χ4v) is 2.07. The maximum Gasteiger partial charge on any atom is 0.248 e. The monoisotopic (exact) mass is 278 g/mol. The van der Waals surface area contributed by atoms with Crippen molar-refractivity contribution in [2.75, 3.05) is 4.72 Å². The van der Waals surface area contributed by atoms with Crippen LogP contribution >= 0.6 is 23.2 Å². The average Bonchev–Trinajstić information content (AvgIpc) is 2.22. The molecule has 1 unspecified atom stereocenters. The van der Waals surface area contributed by atoms with Crippen LogP contribution in [0.15, 0.2) is 18.2 Å². The van der Waals surface area contributed by atoms with Crippen LogP contribution in [-0.2, 0) is 10.0 Å². The Balaban J connectivity index is 3.07. The molecule has 0 aliphatic heterocycles. The van der Waals surface area contributed by atoms with Gasteiger partial charge >= 0.3 is 0 Å². The molecule has 7 heteroatoms. The van der Waals surface area contributed by atoms with Gasteiger partial charge in [0.25, 0.3) is 0 Å². The summed E-state index contributed by atoms with van der Waals surface area (Å²) in [5.74, 6) is 0. The third-order valence-electron chi connectivity index (χ3n) is 1.83. The van der Waals surface area contributed by atoms with E-state index >= 15 is 0 Å². The van der Waals surface area contributed by atoms with Crippen molar-refractivity contribution in [3.63, 3.8) is 0 Å². The normalized spacial score (nSPS) is 12.9. The van der Waals surface area contributed by atoms with Crippen molar-refractivity contribution < 1.29 is 8.42 Å². The SMILES string of the molecule is CC(C#N)S(=O)(=O)Nc1cc(Cl)ccc1Cl. The first-order chi connectivity index (χ1) is 7.36. The third-order valence-corrected chi connectivity index (χ3v) is 3.93. The van der Waals surface area contributed by atoms with Gasteiger partial charge in [0.2, 0.25) is 10.0 Å². The number of halogens is 2. The lowest BCUT2D eigenvalue weighted by atomic mass is 10.3. The van der Waals surface area contributed by atoms with Crippen molar-refractivity contribution in [1.29, 1.82) is 5.26 Å². The molecule has 0 aromatic heterocycles. The Kier molecular flexibility index (Phi) is 4.03. The molecule has 0 fully saturated rings. The molecule has 1 atom stereocenters. The van der Waals surface area contributed by atoms with E-state index in [1.165, 1.54) is 25.1 Å². The number of rotatable bonds is 3. The minimum absolute atomic E-state index is 0.163. The highest BCUT2D eigenvalue weighted by molar-refractivity contribution is 7.93. The first kappa shape index (κ1) is 13.1. The second-order valence-corrected chi connectivity index (χ2v) is 5.89. The van der Waals surface area contributed by atoms with Crippen LogP contribution in [0.1, 0.15) is 6.92 Å². The van der Waals surface area contributed by atoms with Gasteiger partial charge in [-0.2, -0.15) is 5.26 Å². The Bertz CT molecular complexity index is 537. The Labute approximate surface area is 104 Å². The molecule has 0 aliphatic carbocycles. The first-order valence-electron chi connectivity index (χ1n) is 4.23. The lowest BCUT2D eigenvalue weighted by molar-refractivity contribution is 0.597. The van der Waals surface area contributed by atoms with Gasteiger partial charge in [-0.25, -0.2) is 8.42 Å². The zero-order valence-electron chi connectivity index (χ0n) is 8.24. The lowest BCUT2D eigenvalue weighted by Crippen LogP contribution is -2.23. The summed E-state index contributed by atoms with van der Waals surface area (Å²) in [7, 11) is -3.76. The van der Waals surface area contributed by atoms with Gasteiger partial charge in [0, 0.05) is 5.02 Å². The zero-order chi connectivity index (χ0) is 12.3. The van der Waals surface area contributed by atoms with E-state index in [1.54, 1.807) is 6.07 Å². The van der Waals surface area contributed by atoms with E-state index in [0.717, 1.165) is 0 Å². The largest absolute Gasteiger partial charge is 0.281 e. The number of benzene rings is 1. The van der Waals surface area contributed by atoms with Crippen LogP contribution in [-0.4, -0.2) is 13.7 Å². The van der Waals surface area contributed by atoms with E-state index in [0.29, 0.717) is 5.02 Å². The van der Waals surface area contributed by atoms with Gasteiger partial charge in [-0.15, -0.1) is 0 Å². The van der Waals surface area contributed by atoms with Gasteiger partial charge in [-0.3, -0.25) is 4.72 Å². The second kappa shape index (κ2) is 4.91. The summed E-state index contributed by atoms with van der Waals surface area (Å²) in [4.78, 5) is 0. The molecule has 1 aromatic carbocycles. The number of sulfonamides is 1. The molecule has 86 valence electrons. The number of hydrogen-bond acceptors (Lipinski definition) is 3. The van der Waals surface area contributed by atoms with Gasteiger partial charge in [-0.1, -0.05) is 23.2 Å². The highest BCUT2D eigenvalue weighted by Crippen LogP contribution is 2.26. The fourth-order valence-electron chi connectivity index (χ4n) is 0.887. The summed E-state index contributed by atoms with van der Waals surface area (Å²) < 4.78 is 25.3. The van der Waals surface area contributed by atoms with Gasteiger partial charge in [0.15, 0.2) is 5.25 Å². The summed E-state index contributed by atoms with van der Waals surface area (Å²) >= 11 is 11.5. The summed E-state index contributed by atoms with van der Waals surface area (Å²) in [6.07, 6.45) is 0. The van der Waals surface area contributed by atoms with E-state index in [2.05, 4.69) is 4.72 Å². The van der Waals surface area contributed by atoms with Crippen molar-refractivity contribution in [2.45, 2.75) is 12.2 Å². The van der Waals surface area contributed by atoms with E-state index in [9.17, 15) is 8.42 Å². The van der Waals surface area contributed by atoms with E-state index in [1.807, 2.05) is 0 Å². The number of nitrogens with one attached hydrogen (secondary N) is 1. The highest BCUT2D eigenvalue weighted by Gasteiger charge is 2.21. The van der Waals surface area contributed by atoms with E-state index in [-0.39, 0.29) is 10.7 Å². The van der Waals surface area contributed by atoms with Crippen molar-refractivity contribution >= 4 is 38.9 Å². The maximum atomic E-state index is 11.6. The summed E-state index contributed by atoms with van der Waals surface area (Å²) in [5.41, 5.74) is 0.163. The van der Waals surface area contributed by atoms with Crippen LogP contribution in [0, 0.1) is 11.3 Å². The molecule has 0 spiro atoms. The summed E-state index contributed by atoms with van der Waals surface area (Å²) in [5, 5.41) is 7.95. The molecule has 4 nitrogen and oxygen atoms in total. The number of nitrogens with zero attached hydrogens (tertiary/aromatic N) is 1. The average molecular weight is 279 g/mol. The molecule has 0 radical (unpaired) electrons. The Morgan fingerprint density at radius 3 is 2.62 bits per heavy atom. The number of hydrogen-bond donors (Lipinski definition) is 1. The number of nitriles is 1. The van der Waals surface area contributed by atoms with Crippen LogP contribution in [0.25, 0.3) is 0 Å². The predicted octanol–water partition coefficient (Wildman–Crippen LogP) is 2.65. The molecule has 0 bridgehead atoms.